The summed E-state index contributed by atoms with van der Waals surface area (Å²) >= 11 is 0. The average molecular weight is 236 g/mol. The highest BCUT2D eigenvalue weighted by Crippen LogP contribution is 2.20. The van der Waals surface area contributed by atoms with Gasteiger partial charge < -0.3 is 10.1 Å². The molecule has 1 aromatic carbocycles. The summed E-state index contributed by atoms with van der Waals surface area (Å²) in [5, 5.41) is 2.36. The summed E-state index contributed by atoms with van der Waals surface area (Å²) in [5.41, 5.74) is 2.87. The van der Waals surface area contributed by atoms with Gasteiger partial charge in [0.1, 0.15) is 5.75 Å². The number of quaternary nitrogens is 1. The molecule has 0 fully saturated rings. The molecule has 0 atom stereocenters. The molecule has 2 N–H and O–H groups in total. The van der Waals surface area contributed by atoms with Crippen LogP contribution in [0.25, 0.3) is 0 Å². The van der Waals surface area contributed by atoms with Crippen molar-refractivity contribution in [2.45, 2.75) is 46.6 Å². The van der Waals surface area contributed by atoms with E-state index < -0.39 is 0 Å². The third-order valence-electron chi connectivity index (χ3n) is 2.92. The standard InChI is InChI=1S/C15H25NO/c1-12-8-6-9-14(13(12)2)17-11-7-10-16-15(3,4)5/h6,8-9,16H,7,10-11H2,1-5H3/p+1. The second-order valence-electron chi connectivity index (χ2n) is 5.76. The highest BCUT2D eigenvalue weighted by atomic mass is 16.5. The Bertz CT molecular complexity index is 352. The van der Waals surface area contributed by atoms with Gasteiger partial charge in [0.05, 0.1) is 18.7 Å². The smallest absolute Gasteiger partial charge is 0.122 e. The van der Waals surface area contributed by atoms with E-state index in [1.54, 1.807) is 0 Å². The van der Waals surface area contributed by atoms with Gasteiger partial charge in [-0.05, 0) is 51.8 Å². The summed E-state index contributed by atoms with van der Waals surface area (Å²) in [6, 6.07) is 6.23. The van der Waals surface area contributed by atoms with Gasteiger partial charge in [-0.3, -0.25) is 0 Å². The minimum atomic E-state index is 0.319. The minimum Gasteiger partial charge on any atom is -0.493 e. The number of hydrogen-bond donors (Lipinski definition) is 1. The molecule has 0 saturated heterocycles. The number of rotatable bonds is 5. The molecule has 0 amide bonds. The largest absolute Gasteiger partial charge is 0.493 e. The van der Waals surface area contributed by atoms with Crippen LogP contribution in [0, 0.1) is 13.8 Å². The first kappa shape index (κ1) is 14.0. The Kier molecular flexibility index (Phi) is 5.01. The van der Waals surface area contributed by atoms with Crippen LogP contribution in [0.4, 0.5) is 0 Å². The van der Waals surface area contributed by atoms with Gasteiger partial charge in [0.25, 0.3) is 0 Å². The van der Waals surface area contributed by atoms with Crippen LogP contribution in [0.15, 0.2) is 18.2 Å². The molecule has 0 aliphatic carbocycles. The summed E-state index contributed by atoms with van der Waals surface area (Å²) in [5.74, 6) is 1.03. The average Bonchev–Trinajstić information content (AvgIpc) is 2.22. The van der Waals surface area contributed by atoms with Gasteiger partial charge in [-0.2, -0.15) is 0 Å². The van der Waals surface area contributed by atoms with E-state index in [0.717, 1.165) is 25.3 Å². The van der Waals surface area contributed by atoms with Crippen LogP contribution >= 0.6 is 0 Å². The number of nitrogens with two attached hydrogens (primary N) is 1. The van der Waals surface area contributed by atoms with Gasteiger partial charge in [0.2, 0.25) is 0 Å². The molecule has 2 heteroatoms. The predicted octanol–water partition coefficient (Wildman–Crippen LogP) is 2.43. The molecule has 1 aromatic rings. The van der Waals surface area contributed by atoms with E-state index in [-0.39, 0.29) is 0 Å². The van der Waals surface area contributed by atoms with E-state index in [9.17, 15) is 0 Å². The van der Waals surface area contributed by atoms with E-state index >= 15 is 0 Å². The maximum Gasteiger partial charge on any atom is 0.122 e. The van der Waals surface area contributed by atoms with E-state index in [1.807, 2.05) is 0 Å². The molecule has 0 aliphatic heterocycles. The molecule has 0 spiro atoms. The molecule has 0 heterocycles. The van der Waals surface area contributed by atoms with Crippen LogP contribution in [0.1, 0.15) is 38.3 Å². The van der Waals surface area contributed by atoms with Gasteiger partial charge in [0.15, 0.2) is 0 Å². The maximum atomic E-state index is 5.81. The van der Waals surface area contributed by atoms with Crippen molar-refractivity contribution in [1.29, 1.82) is 0 Å². The zero-order valence-electron chi connectivity index (χ0n) is 11.8. The number of benzene rings is 1. The van der Waals surface area contributed by atoms with E-state index in [4.69, 9.17) is 4.74 Å². The lowest BCUT2D eigenvalue weighted by molar-refractivity contribution is -0.717. The lowest BCUT2D eigenvalue weighted by Crippen LogP contribution is -2.94. The summed E-state index contributed by atoms with van der Waals surface area (Å²) in [7, 11) is 0. The topological polar surface area (TPSA) is 25.8 Å². The third kappa shape index (κ3) is 5.22. The number of hydrogen-bond acceptors (Lipinski definition) is 1. The SMILES string of the molecule is Cc1cccc(OCCC[NH2+]C(C)(C)C)c1C. The third-order valence-corrected chi connectivity index (χ3v) is 2.92. The predicted molar refractivity (Wildman–Crippen MR) is 72.6 cm³/mol. The number of ether oxygens (including phenoxy) is 1. The molecule has 0 unspecified atom stereocenters. The zero-order chi connectivity index (χ0) is 12.9. The van der Waals surface area contributed by atoms with Crippen LogP contribution in [-0.4, -0.2) is 18.7 Å². The second-order valence-corrected chi connectivity index (χ2v) is 5.76. The molecule has 0 aliphatic rings. The Morgan fingerprint density at radius 2 is 1.88 bits per heavy atom. The first-order valence-electron chi connectivity index (χ1n) is 6.43. The van der Waals surface area contributed by atoms with Crippen LogP contribution in [-0.2, 0) is 0 Å². The van der Waals surface area contributed by atoms with Crippen molar-refractivity contribution >= 4 is 0 Å². The van der Waals surface area contributed by atoms with Crippen LogP contribution in [0.3, 0.4) is 0 Å². The van der Waals surface area contributed by atoms with Crippen molar-refractivity contribution < 1.29 is 10.1 Å². The highest BCUT2D eigenvalue weighted by molar-refractivity contribution is 5.38. The van der Waals surface area contributed by atoms with Crippen molar-refractivity contribution in [3.63, 3.8) is 0 Å². The zero-order valence-corrected chi connectivity index (χ0v) is 11.8. The molecule has 0 saturated carbocycles. The van der Waals surface area contributed by atoms with Gasteiger partial charge in [-0.1, -0.05) is 12.1 Å². The maximum absolute atomic E-state index is 5.81. The van der Waals surface area contributed by atoms with E-state index in [2.05, 4.69) is 58.1 Å². The summed E-state index contributed by atoms with van der Waals surface area (Å²) < 4.78 is 5.81. The minimum absolute atomic E-state index is 0.319. The molecule has 17 heavy (non-hydrogen) atoms. The normalized spacial score (nSPS) is 11.6. The van der Waals surface area contributed by atoms with Crippen molar-refractivity contribution in [2.75, 3.05) is 13.2 Å². The molecule has 96 valence electrons. The van der Waals surface area contributed by atoms with E-state index in [0.29, 0.717) is 5.54 Å². The monoisotopic (exact) mass is 236 g/mol. The van der Waals surface area contributed by atoms with Crippen LogP contribution < -0.4 is 10.1 Å². The summed E-state index contributed by atoms with van der Waals surface area (Å²) in [6.45, 7) is 12.9. The fourth-order valence-corrected chi connectivity index (χ4v) is 1.68. The summed E-state index contributed by atoms with van der Waals surface area (Å²) in [4.78, 5) is 0. The van der Waals surface area contributed by atoms with E-state index in [1.165, 1.54) is 11.1 Å². The first-order chi connectivity index (χ1) is 7.90. The van der Waals surface area contributed by atoms with Gasteiger partial charge >= 0.3 is 0 Å². The van der Waals surface area contributed by atoms with Crippen LogP contribution in [0.5, 0.6) is 5.75 Å². The fraction of sp³-hybridized carbons (Fsp3) is 0.600. The second kappa shape index (κ2) is 6.06. The molecule has 0 radical (unpaired) electrons. The quantitative estimate of drug-likeness (QED) is 0.781. The molecular weight excluding hydrogens is 210 g/mol. The van der Waals surface area contributed by atoms with Gasteiger partial charge in [-0.15, -0.1) is 0 Å². The Labute approximate surface area is 105 Å². The van der Waals surface area contributed by atoms with Crippen LogP contribution in [0.2, 0.25) is 0 Å². The number of aryl methyl sites for hydroxylation is 1. The molecule has 2 nitrogen and oxygen atoms in total. The van der Waals surface area contributed by atoms with Gasteiger partial charge in [-0.25, -0.2) is 0 Å². The molecule has 1 rings (SSSR count). The van der Waals surface area contributed by atoms with Crippen molar-refractivity contribution in [3.8, 4) is 5.75 Å². The van der Waals surface area contributed by atoms with Crippen molar-refractivity contribution in [1.82, 2.24) is 0 Å². The molecule has 0 bridgehead atoms. The van der Waals surface area contributed by atoms with Crippen molar-refractivity contribution in [2.24, 2.45) is 0 Å². The Hall–Kier alpha value is -1.02. The Balaban J connectivity index is 2.29. The lowest BCUT2D eigenvalue weighted by atomic mass is 10.1. The van der Waals surface area contributed by atoms with Gasteiger partial charge in [0, 0.05) is 6.42 Å². The fourth-order valence-electron chi connectivity index (χ4n) is 1.68. The summed E-state index contributed by atoms with van der Waals surface area (Å²) in [6.07, 6.45) is 1.09. The lowest BCUT2D eigenvalue weighted by Gasteiger charge is -2.17. The Morgan fingerprint density at radius 1 is 1.18 bits per heavy atom. The molecular formula is C15H26NO+. The first-order valence-corrected chi connectivity index (χ1v) is 6.43. The Morgan fingerprint density at radius 3 is 2.53 bits per heavy atom. The van der Waals surface area contributed by atoms with Crippen molar-refractivity contribution in [3.05, 3.63) is 29.3 Å². The highest BCUT2D eigenvalue weighted by Gasteiger charge is 2.11. The molecule has 0 aromatic heterocycles.